The summed E-state index contributed by atoms with van der Waals surface area (Å²) in [6.07, 6.45) is 0.946. The van der Waals surface area contributed by atoms with Crippen LogP contribution in [0.2, 0.25) is 0 Å². The van der Waals surface area contributed by atoms with Gasteiger partial charge in [-0.15, -0.1) is 0 Å². The molecule has 2 nitrogen and oxygen atoms in total. The molecular formula is C18H17BrN2. The molecule has 0 aliphatic carbocycles. The number of nitrogens with zero attached hydrogens (tertiary/aromatic N) is 2. The second kappa shape index (κ2) is 6.72. The lowest BCUT2D eigenvalue weighted by molar-refractivity contribution is 0.681. The quantitative estimate of drug-likeness (QED) is 0.623. The Balaban J connectivity index is 1.98. The predicted octanol–water partition coefficient (Wildman–Crippen LogP) is 4.54. The summed E-state index contributed by atoms with van der Waals surface area (Å²) in [6, 6.07) is 23.1. The lowest BCUT2D eigenvalue weighted by Gasteiger charge is -2.07. The van der Waals surface area contributed by atoms with Gasteiger partial charge in [0.05, 0.1) is 17.9 Å². The molecule has 1 heterocycles. The molecule has 0 aliphatic heterocycles. The molecule has 2 aromatic carbocycles. The van der Waals surface area contributed by atoms with Crippen molar-refractivity contribution in [2.45, 2.75) is 13.0 Å². The third-order valence-electron chi connectivity index (χ3n) is 3.43. The molecule has 0 N–H and O–H groups in total. The van der Waals surface area contributed by atoms with E-state index in [9.17, 15) is 0 Å². The van der Waals surface area contributed by atoms with Gasteiger partial charge < -0.3 is 0 Å². The van der Waals surface area contributed by atoms with E-state index in [1.165, 1.54) is 16.8 Å². The lowest BCUT2D eigenvalue weighted by atomic mass is 10.1. The normalized spacial score (nSPS) is 10.7. The number of hydrogen-bond donors (Lipinski definition) is 0. The van der Waals surface area contributed by atoms with Gasteiger partial charge in [-0.3, -0.25) is 4.68 Å². The highest BCUT2D eigenvalue weighted by molar-refractivity contribution is 9.09. The van der Waals surface area contributed by atoms with Crippen LogP contribution < -0.4 is 0 Å². The Bertz CT molecular complexity index is 690. The number of hydrogen-bond acceptors (Lipinski definition) is 1. The molecule has 3 heteroatoms. The molecule has 0 aliphatic rings. The van der Waals surface area contributed by atoms with Crippen LogP contribution in [-0.2, 0) is 13.0 Å². The van der Waals surface area contributed by atoms with E-state index in [-0.39, 0.29) is 0 Å². The van der Waals surface area contributed by atoms with E-state index in [2.05, 4.69) is 75.2 Å². The molecule has 3 aromatic rings. The van der Waals surface area contributed by atoms with E-state index in [4.69, 9.17) is 5.10 Å². The Kier molecular flexibility index (Phi) is 4.51. The van der Waals surface area contributed by atoms with E-state index in [1.54, 1.807) is 0 Å². The Morgan fingerprint density at radius 2 is 1.57 bits per heavy atom. The first kappa shape index (κ1) is 14.1. The van der Waals surface area contributed by atoms with Crippen LogP contribution in [0.25, 0.3) is 11.3 Å². The first-order valence-electron chi connectivity index (χ1n) is 7.09. The summed E-state index contributed by atoms with van der Waals surface area (Å²) in [5, 5.41) is 5.69. The molecule has 0 saturated heterocycles. The molecular weight excluding hydrogens is 324 g/mol. The Morgan fingerprint density at radius 1 is 0.905 bits per heavy atom. The smallest absolute Gasteiger partial charge is 0.0689 e. The molecule has 0 fully saturated rings. The minimum atomic E-state index is 0.799. The zero-order valence-electron chi connectivity index (χ0n) is 11.7. The fourth-order valence-corrected chi connectivity index (χ4v) is 2.81. The van der Waals surface area contributed by atoms with Crippen molar-refractivity contribution in [3.63, 3.8) is 0 Å². The van der Waals surface area contributed by atoms with Crippen LogP contribution in [-0.4, -0.2) is 15.1 Å². The van der Waals surface area contributed by atoms with Gasteiger partial charge in [0.2, 0.25) is 0 Å². The molecule has 0 bridgehead atoms. The molecule has 21 heavy (non-hydrogen) atoms. The summed E-state index contributed by atoms with van der Waals surface area (Å²) in [7, 11) is 0. The van der Waals surface area contributed by atoms with E-state index >= 15 is 0 Å². The highest BCUT2D eigenvalue weighted by Crippen LogP contribution is 2.22. The summed E-state index contributed by atoms with van der Waals surface area (Å²) < 4.78 is 2.10. The summed E-state index contributed by atoms with van der Waals surface area (Å²) in [4.78, 5) is 0. The molecule has 0 amide bonds. The Morgan fingerprint density at radius 3 is 2.24 bits per heavy atom. The molecule has 0 saturated carbocycles. The first-order valence-corrected chi connectivity index (χ1v) is 8.21. The average molecular weight is 341 g/mol. The van der Waals surface area contributed by atoms with Gasteiger partial charge in [-0.25, -0.2) is 0 Å². The van der Waals surface area contributed by atoms with Crippen molar-refractivity contribution in [1.29, 1.82) is 0 Å². The Labute approximate surface area is 133 Å². The zero-order valence-corrected chi connectivity index (χ0v) is 13.3. The fraction of sp³-hybridized carbons (Fsp3) is 0.167. The predicted molar refractivity (Wildman–Crippen MR) is 90.7 cm³/mol. The van der Waals surface area contributed by atoms with E-state index in [0.717, 1.165) is 24.0 Å². The van der Waals surface area contributed by atoms with Crippen molar-refractivity contribution in [2.75, 3.05) is 5.33 Å². The minimum Gasteiger partial charge on any atom is -0.260 e. The second-order valence-electron chi connectivity index (χ2n) is 4.97. The van der Waals surface area contributed by atoms with Crippen LogP contribution in [0.15, 0.2) is 66.7 Å². The first-order chi connectivity index (χ1) is 10.4. The lowest BCUT2D eigenvalue weighted by Crippen LogP contribution is -2.04. The maximum Gasteiger partial charge on any atom is 0.0689 e. The summed E-state index contributed by atoms with van der Waals surface area (Å²) >= 11 is 3.49. The van der Waals surface area contributed by atoms with Crippen LogP contribution in [0, 0.1) is 0 Å². The number of alkyl halides is 1. The average Bonchev–Trinajstić information content (AvgIpc) is 2.92. The largest absolute Gasteiger partial charge is 0.260 e. The van der Waals surface area contributed by atoms with Gasteiger partial charge in [-0.05, 0) is 17.2 Å². The third kappa shape index (κ3) is 3.42. The number of rotatable bonds is 5. The number of halogens is 1. The number of benzene rings is 2. The monoisotopic (exact) mass is 340 g/mol. The topological polar surface area (TPSA) is 17.8 Å². The van der Waals surface area contributed by atoms with Crippen molar-refractivity contribution in [2.24, 2.45) is 0 Å². The van der Waals surface area contributed by atoms with E-state index in [1.807, 2.05) is 12.1 Å². The van der Waals surface area contributed by atoms with Crippen molar-refractivity contribution >= 4 is 15.9 Å². The van der Waals surface area contributed by atoms with E-state index in [0.29, 0.717) is 0 Å². The van der Waals surface area contributed by atoms with Crippen molar-refractivity contribution in [3.05, 3.63) is 78.0 Å². The van der Waals surface area contributed by atoms with Gasteiger partial charge >= 0.3 is 0 Å². The van der Waals surface area contributed by atoms with Crippen LogP contribution >= 0.6 is 15.9 Å². The van der Waals surface area contributed by atoms with Crippen LogP contribution in [0.4, 0.5) is 0 Å². The van der Waals surface area contributed by atoms with Crippen LogP contribution in [0.1, 0.15) is 11.3 Å². The maximum absolute atomic E-state index is 4.76. The molecule has 0 radical (unpaired) electrons. The van der Waals surface area contributed by atoms with Gasteiger partial charge in [-0.2, -0.15) is 5.10 Å². The molecule has 1 aromatic heterocycles. The van der Waals surface area contributed by atoms with Gasteiger partial charge in [0, 0.05) is 11.8 Å². The molecule has 3 rings (SSSR count). The SMILES string of the molecule is BrCCc1cc(-c2ccccc2)n(Cc2ccccc2)n1. The van der Waals surface area contributed by atoms with Crippen LogP contribution in [0.3, 0.4) is 0 Å². The summed E-state index contributed by atoms with van der Waals surface area (Å²) in [6.45, 7) is 0.799. The zero-order chi connectivity index (χ0) is 14.5. The number of aromatic nitrogens is 2. The standard InChI is InChI=1S/C18H17BrN2/c19-12-11-17-13-18(16-9-5-2-6-10-16)21(20-17)14-15-7-3-1-4-8-15/h1-10,13H,11-12,14H2. The third-order valence-corrected chi connectivity index (χ3v) is 3.82. The molecule has 0 atom stereocenters. The highest BCUT2D eigenvalue weighted by atomic mass is 79.9. The Hall–Kier alpha value is -1.87. The van der Waals surface area contributed by atoms with Gasteiger partial charge in [0.1, 0.15) is 0 Å². The summed E-state index contributed by atoms with van der Waals surface area (Å²) in [5.41, 5.74) is 4.78. The van der Waals surface area contributed by atoms with Crippen molar-refractivity contribution < 1.29 is 0 Å². The van der Waals surface area contributed by atoms with Gasteiger partial charge in [0.25, 0.3) is 0 Å². The molecule has 0 spiro atoms. The van der Waals surface area contributed by atoms with Crippen molar-refractivity contribution in [1.82, 2.24) is 9.78 Å². The highest BCUT2D eigenvalue weighted by Gasteiger charge is 2.10. The molecule has 106 valence electrons. The van der Waals surface area contributed by atoms with Gasteiger partial charge in [0.15, 0.2) is 0 Å². The summed E-state index contributed by atoms with van der Waals surface area (Å²) in [5.74, 6) is 0. The van der Waals surface area contributed by atoms with E-state index < -0.39 is 0 Å². The minimum absolute atomic E-state index is 0.799. The maximum atomic E-state index is 4.76. The number of aryl methyl sites for hydroxylation is 1. The van der Waals surface area contributed by atoms with Crippen molar-refractivity contribution in [3.8, 4) is 11.3 Å². The van der Waals surface area contributed by atoms with Gasteiger partial charge in [-0.1, -0.05) is 76.6 Å². The molecule has 0 unspecified atom stereocenters. The van der Waals surface area contributed by atoms with Crippen LogP contribution in [0.5, 0.6) is 0 Å². The fourth-order valence-electron chi connectivity index (χ4n) is 2.41. The second-order valence-corrected chi connectivity index (χ2v) is 5.76.